The topological polar surface area (TPSA) is 81.4 Å². The quantitative estimate of drug-likeness (QED) is 0.790. The van der Waals surface area contributed by atoms with Gasteiger partial charge in [0.1, 0.15) is 0 Å². The van der Waals surface area contributed by atoms with E-state index in [1.165, 1.54) is 12.5 Å². The first-order valence-corrected chi connectivity index (χ1v) is 8.31. The summed E-state index contributed by atoms with van der Waals surface area (Å²) < 4.78 is 5.11. The van der Waals surface area contributed by atoms with Crippen LogP contribution in [0.4, 0.5) is 5.69 Å². The van der Waals surface area contributed by atoms with Crippen LogP contribution in [0.3, 0.4) is 0 Å². The van der Waals surface area contributed by atoms with Gasteiger partial charge in [-0.15, -0.1) is 0 Å². The van der Waals surface area contributed by atoms with E-state index in [2.05, 4.69) is 17.4 Å². The Bertz CT molecular complexity index is 520. The second-order valence-electron chi connectivity index (χ2n) is 6.23. The van der Waals surface area contributed by atoms with Gasteiger partial charge in [-0.05, 0) is 55.2 Å². The molecule has 1 aliphatic rings. The van der Waals surface area contributed by atoms with Gasteiger partial charge in [0.25, 0.3) is 0 Å². The largest absolute Gasteiger partial charge is 0.466 e. The molecule has 5 nitrogen and oxygen atoms in total. The predicted octanol–water partition coefficient (Wildman–Crippen LogP) is 2.81. The molecule has 0 spiro atoms. The smallest absolute Gasteiger partial charge is 0.302 e. The molecule has 0 bridgehead atoms. The Morgan fingerprint density at radius 3 is 2.39 bits per heavy atom. The average Bonchev–Trinajstić information content (AvgIpc) is 2.54. The van der Waals surface area contributed by atoms with Crippen LogP contribution in [0.5, 0.6) is 0 Å². The molecule has 1 fully saturated rings. The molecule has 0 heterocycles. The van der Waals surface area contributed by atoms with Crippen molar-refractivity contribution in [2.45, 2.75) is 44.9 Å². The third kappa shape index (κ3) is 5.67. The molecule has 1 aromatic rings. The number of benzene rings is 1. The fourth-order valence-electron chi connectivity index (χ4n) is 3.09. The van der Waals surface area contributed by atoms with Gasteiger partial charge < -0.3 is 15.8 Å². The van der Waals surface area contributed by atoms with Crippen molar-refractivity contribution in [3.8, 4) is 0 Å². The number of ether oxygens (including phenoxy) is 1. The summed E-state index contributed by atoms with van der Waals surface area (Å²) in [4.78, 5) is 22.4. The van der Waals surface area contributed by atoms with Crippen LogP contribution >= 0.6 is 0 Å². The van der Waals surface area contributed by atoms with Crippen LogP contribution in [0, 0.1) is 5.92 Å². The summed E-state index contributed by atoms with van der Waals surface area (Å²) in [5.74, 6) is 0.799. The van der Waals surface area contributed by atoms with Gasteiger partial charge in [0.2, 0.25) is 5.91 Å². The number of anilines is 1. The average molecular weight is 318 g/mol. The molecule has 0 unspecified atom stereocenters. The van der Waals surface area contributed by atoms with Gasteiger partial charge in [-0.3, -0.25) is 9.59 Å². The maximum Gasteiger partial charge on any atom is 0.302 e. The second-order valence-corrected chi connectivity index (χ2v) is 6.23. The number of esters is 1. The number of hydrogen-bond acceptors (Lipinski definition) is 4. The summed E-state index contributed by atoms with van der Waals surface area (Å²) in [6, 6.07) is 8.09. The molecular formula is C18H26N2O3. The number of rotatable bonds is 6. The molecule has 3 N–H and O–H groups in total. The molecule has 0 atom stereocenters. The Hall–Kier alpha value is -1.88. The van der Waals surface area contributed by atoms with Crippen molar-refractivity contribution in [2.24, 2.45) is 11.7 Å². The highest BCUT2D eigenvalue weighted by Gasteiger charge is 2.23. The fourth-order valence-corrected chi connectivity index (χ4v) is 3.09. The van der Waals surface area contributed by atoms with Crippen LogP contribution in [-0.4, -0.2) is 25.0 Å². The van der Waals surface area contributed by atoms with Crippen LogP contribution in [0.15, 0.2) is 24.3 Å². The molecule has 0 radical (unpaired) electrons. The Labute approximate surface area is 137 Å². The van der Waals surface area contributed by atoms with Crippen molar-refractivity contribution in [3.05, 3.63) is 29.8 Å². The van der Waals surface area contributed by atoms with Crippen LogP contribution < -0.4 is 11.1 Å². The van der Waals surface area contributed by atoms with E-state index in [-0.39, 0.29) is 11.9 Å². The molecule has 2 rings (SSSR count). The number of carbonyl (C=O) groups is 2. The third-order valence-corrected chi connectivity index (χ3v) is 4.41. The van der Waals surface area contributed by atoms with E-state index < -0.39 is 0 Å². The number of hydrogen-bond donors (Lipinski definition) is 2. The molecular weight excluding hydrogens is 292 g/mol. The lowest BCUT2D eigenvalue weighted by molar-refractivity contribution is -0.142. The number of nitrogens with two attached hydrogens (primary N) is 1. The maximum absolute atomic E-state index is 11.5. The maximum atomic E-state index is 11.5. The summed E-state index contributed by atoms with van der Waals surface area (Å²) in [5.41, 5.74) is 7.49. The Morgan fingerprint density at radius 1 is 1.17 bits per heavy atom. The number of carbonyl (C=O) groups excluding carboxylic acids is 2. The first-order chi connectivity index (χ1) is 11.1. The van der Waals surface area contributed by atoms with Gasteiger partial charge in [0, 0.05) is 25.6 Å². The minimum Gasteiger partial charge on any atom is -0.466 e. The third-order valence-electron chi connectivity index (χ3n) is 4.41. The van der Waals surface area contributed by atoms with Gasteiger partial charge >= 0.3 is 5.97 Å². The fraction of sp³-hybridized carbons (Fsp3) is 0.556. The molecule has 126 valence electrons. The van der Waals surface area contributed by atoms with Crippen molar-refractivity contribution in [3.63, 3.8) is 0 Å². The molecule has 1 aliphatic carbocycles. The van der Waals surface area contributed by atoms with E-state index in [9.17, 15) is 9.59 Å². The first kappa shape index (κ1) is 17.5. The van der Waals surface area contributed by atoms with Crippen molar-refractivity contribution >= 4 is 17.6 Å². The van der Waals surface area contributed by atoms with Gasteiger partial charge in [-0.1, -0.05) is 12.1 Å². The van der Waals surface area contributed by atoms with E-state index in [1.54, 1.807) is 0 Å². The molecule has 1 amide bonds. The minimum absolute atomic E-state index is 0.0498. The van der Waals surface area contributed by atoms with Gasteiger partial charge in [-0.25, -0.2) is 0 Å². The van der Waals surface area contributed by atoms with Crippen molar-refractivity contribution in [2.75, 3.05) is 18.5 Å². The minimum atomic E-state index is -0.195. The Morgan fingerprint density at radius 2 is 1.83 bits per heavy atom. The normalized spacial score (nSPS) is 20.8. The van der Waals surface area contributed by atoms with Crippen LogP contribution in [0.2, 0.25) is 0 Å². The highest BCUT2D eigenvalue weighted by Crippen LogP contribution is 2.36. The summed E-state index contributed by atoms with van der Waals surface area (Å²) in [5, 5.41) is 2.84. The summed E-state index contributed by atoms with van der Waals surface area (Å²) in [6.07, 6.45) is 4.75. The molecule has 5 heteroatoms. The lowest BCUT2D eigenvalue weighted by Gasteiger charge is -2.28. The number of nitrogens with one attached hydrogen (secondary N) is 1. The van der Waals surface area contributed by atoms with Crippen LogP contribution in [0.1, 0.15) is 50.5 Å². The molecule has 0 aromatic heterocycles. The van der Waals surface area contributed by atoms with Gasteiger partial charge in [0.05, 0.1) is 6.61 Å². The highest BCUT2D eigenvalue weighted by atomic mass is 16.5. The standard InChI is InChI=1S/C18H26N2O3/c1-13(21)23-12-14-2-4-15(5-3-14)16-6-8-17(9-7-16)20-18(22)10-11-19/h6-9,14-15H,2-5,10-12,19H2,1H3,(H,20,22)/t14-,15-. The second kappa shape index (κ2) is 8.67. The summed E-state index contributed by atoms with van der Waals surface area (Å²) >= 11 is 0. The van der Waals surface area contributed by atoms with E-state index in [0.29, 0.717) is 31.4 Å². The first-order valence-electron chi connectivity index (χ1n) is 8.31. The number of amides is 1. The van der Waals surface area contributed by atoms with Crippen molar-refractivity contribution < 1.29 is 14.3 Å². The lowest BCUT2D eigenvalue weighted by atomic mass is 9.79. The van der Waals surface area contributed by atoms with Gasteiger partial charge in [0.15, 0.2) is 0 Å². The molecule has 23 heavy (non-hydrogen) atoms. The van der Waals surface area contributed by atoms with Crippen molar-refractivity contribution in [1.82, 2.24) is 0 Å². The molecule has 0 saturated heterocycles. The zero-order valence-corrected chi connectivity index (χ0v) is 13.7. The van der Waals surface area contributed by atoms with Gasteiger partial charge in [-0.2, -0.15) is 0 Å². The molecule has 1 saturated carbocycles. The highest BCUT2D eigenvalue weighted by molar-refractivity contribution is 5.90. The zero-order valence-electron chi connectivity index (χ0n) is 13.7. The predicted molar refractivity (Wildman–Crippen MR) is 90.1 cm³/mol. The Kier molecular flexibility index (Phi) is 6.59. The monoisotopic (exact) mass is 318 g/mol. The van der Waals surface area contributed by atoms with E-state index in [0.717, 1.165) is 31.4 Å². The molecule has 1 aromatic carbocycles. The van der Waals surface area contributed by atoms with E-state index >= 15 is 0 Å². The lowest BCUT2D eigenvalue weighted by Crippen LogP contribution is -2.19. The summed E-state index contributed by atoms with van der Waals surface area (Å²) in [7, 11) is 0. The van der Waals surface area contributed by atoms with Crippen molar-refractivity contribution in [1.29, 1.82) is 0 Å². The van der Waals surface area contributed by atoms with Crippen LogP contribution in [0.25, 0.3) is 0 Å². The summed E-state index contributed by atoms with van der Waals surface area (Å²) in [6.45, 7) is 2.37. The molecule has 0 aliphatic heterocycles. The Balaban J connectivity index is 1.82. The SMILES string of the molecule is CC(=O)OC[C@H]1CC[C@H](c2ccc(NC(=O)CCN)cc2)CC1. The van der Waals surface area contributed by atoms with Crippen LogP contribution in [-0.2, 0) is 14.3 Å². The van der Waals surface area contributed by atoms with E-state index in [4.69, 9.17) is 10.5 Å². The van der Waals surface area contributed by atoms with E-state index in [1.807, 2.05) is 12.1 Å². The zero-order chi connectivity index (χ0) is 16.7.